The summed E-state index contributed by atoms with van der Waals surface area (Å²) in [4.78, 5) is 10.3. The first-order valence-corrected chi connectivity index (χ1v) is 32.1. The molecule has 13 aromatic rings. The summed E-state index contributed by atoms with van der Waals surface area (Å²) >= 11 is 1.73. The third-order valence-electron chi connectivity index (χ3n) is 16.8. The maximum atomic E-state index is 5.54. The molecule has 0 fully saturated rings. The summed E-state index contributed by atoms with van der Waals surface area (Å²) in [6, 6.07) is 103. The second kappa shape index (κ2) is 30.3. The fourth-order valence-corrected chi connectivity index (χ4v) is 13.1. The molecule has 88 heavy (non-hydrogen) atoms. The van der Waals surface area contributed by atoms with E-state index in [0.717, 1.165) is 51.3 Å². The fraction of sp³-hybridized carbons (Fsp3) is 0.167. The number of thiazole rings is 1. The number of pyridine rings is 1. The molecule has 0 saturated carbocycles. The molecular formula is C84H74IrN2S-2. The summed E-state index contributed by atoms with van der Waals surface area (Å²) in [7, 11) is 0. The molecule has 0 unspecified atom stereocenters. The third-order valence-corrected chi connectivity index (χ3v) is 17.9. The molecule has 4 heteroatoms. The number of hydrogen-bond acceptors (Lipinski definition) is 3. The predicted molar refractivity (Wildman–Crippen MR) is 371 cm³/mol. The van der Waals surface area contributed by atoms with Crippen molar-refractivity contribution in [2.24, 2.45) is 0 Å². The van der Waals surface area contributed by atoms with Gasteiger partial charge < -0.3 is 0 Å². The van der Waals surface area contributed by atoms with E-state index in [2.05, 4.69) is 281 Å². The number of unbranched alkanes of at least 4 members (excludes halogenated alkanes) is 6. The van der Waals surface area contributed by atoms with Gasteiger partial charge >= 0.3 is 0 Å². The first-order valence-electron chi connectivity index (χ1n) is 31.3. The molecule has 0 aliphatic rings. The second-order valence-corrected chi connectivity index (χ2v) is 24.2. The minimum absolute atomic E-state index is 0. The van der Waals surface area contributed by atoms with Gasteiger partial charge in [0.05, 0.1) is 11.2 Å². The molecule has 2 heterocycles. The van der Waals surface area contributed by atoms with E-state index in [1.165, 1.54) is 158 Å². The number of para-hydroxylation sites is 1. The average molecular weight is 1340 g/mol. The van der Waals surface area contributed by atoms with Crippen LogP contribution in [-0.2, 0) is 45.8 Å². The van der Waals surface area contributed by atoms with Crippen molar-refractivity contribution in [2.45, 2.75) is 90.9 Å². The van der Waals surface area contributed by atoms with E-state index in [9.17, 15) is 0 Å². The number of aromatic nitrogens is 2. The first-order chi connectivity index (χ1) is 43.0. The second-order valence-electron chi connectivity index (χ2n) is 23.1. The van der Waals surface area contributed by atoms with Crippen molar-refractivity contribution in [1.82, 2.24) is 9.97 Å². The Balaban J connectivity index is 0.000000201. The molecule has 0 saturated heterocycles. The van der Waals surface area contributed by atoms with E-state index >= 15 is 0 Å². The summed E-state index contributed by atoms with van der Waals surface area (Å²) in [6.07, 6.45) is 14.7. The van der Waals surface area contributed by atoms with Gasteiger partial charge in [-0.15, -0.1) is 70.8 Å². The fourth-order valence-electron chi connectivity index (χ4n) is 12.2. The van der Waals surface area contributed by atoms with Crippen LogP contribution in [0.1, 0.15) is 84.7 Å². The Kier molecular flexibility index (Phi) is 21.0. The topological polar surface area (TPSA) is 25.8 Å². The Morgan fingerprint density at radius 3 is 1.36 bits per heavy atom. The van der Waals surface area contributed by atoms with Crippen LogP contribution in [0.5, 0.6) is 0 Å². The number of benzene rings is 11. The molecule has 0 amide bonds. The van der Waals surface area contributed by atoms with E-state index in [-0.39, 0.29) is 20.1 Å². The molecule has 0 aliphatic carbocycles. The van der Waals surface area contributed by atoms with Gasteiger partial charge in [-0.3, -0.25) is 9.97 Å². The number of rotatable bonds is 21. The van der Waals surface area contributed by atoms with Gasteiger partial charge in [-0.05, 0) is 167 Å². The van der Waals surface area contributed by atoms with E-state index in [0.29, 0.717) is 0 Å². The quantitative estimate of drug-likeness (QED) is 0.0529. The Morgan fingerprint density at radius 1 is 0.341 bits per heavy atom. The Bertz CT molecular complexity index is 4310. The molecule has 13 rings (SSSR count). The number of nitrogens with zero attached hydrogens (tertiary/aromatic N) is 2. The van der Waals surface area contributed by atoms with Gasteiger partial charge in [0.2, 0.25) is 0 Å². The maximum Gasteiger partial charge on any atom is 0.0697 e. The number of hydrogen-bond donors (Lipinski definition) is 0. The van der Waals surface area contributed by atoms with Crippen LogP contribution in [0.3, 0.4) is 0 Å². The van der Waals surface area contributed by atoms with Crippen LogP contribution in [-0.4, -0.2) is 9.97 Å². The molecule has 437 valence electrons. The van der Waals surface area contributed by atoms with Crippen molar-refractivity contribution in [3.63, 3.8) is 0 Å². The third kappa shape index (κ3) is 15.5. The molecule has 0 bridgehead atoms. The zero-order chi connectivity index (χ0) is 59.0. The van der Waals surface area contributed by atoms with Gasteiger partial charge in [-0.1, -0.05) is 232 Å². The monoisotopic (exact) mass is 1340 g/mol. The van der Waals surface area contributed by atoms with Crippen LogP contribution >= 0.6 is 11.3 Å². The summed E-state index contributed by atoms with van der Waals surface area (Å²) in [6.45, 7) is 4.40. The van der Waals surface area contributed by atoms with Crippen LogP contribution in [0, 0.1) is 26.0 Å². The van der Waals surface area contributed by atoms with E-state index < -0.39 is 0 Å². The molecular weight excluding hydrogens is 1260 g/mol. The molecule has 0 N–H and O–H groups in total. The van der Waals surface area contributed by atoms with Crippen molar-refractivity contribution in [3.05, 3.63) is 312 Å². The largest absolute Gasteiger partial charge is 0.296 e. The van der Waals surface area contributed by atoms with Gasteiger partial charge in [0.1, 0.15) is 0 Å². The van der Waals surface area contributed by atoms with Crippen molar-refractivity contribution in [1.29, 1.82) is 0 Å². The van der Waals surface area contributed by atoms with Gasteiger partial charge in [-0.2, -0.15) is 11.3 Å². The molecule has 2 nitrogen and oxygen atoms in total. The maximum absolute atomic E-state index is 5.54. The Hall–Kier alpha value is -8.63. The smallest absolute Gasteiger partial charge is 0.0697 e. The molecule has 11 aromatic carbocycles. The van der Waals surface area contributed by atoms with Crippen molar-refractivity contribution < 1.29 is 20.1 Å². The van der Waals surface area contributed by atoms with Crippen molar-refractivity contribution in [3.8, 4) is 77.6 Å². The minimum Gasteiger partial charge on any atom is -0.296 e. The zero-order valence-electron chi connectivity index (χ0n) is 50.5. The Labute approximate surface area is 539 Å². The molecule has 2 aromatic heterocycles. The van der Waals surface area contributed by atoms with Crippen LogP contribution < -0.4 is 0 Å². The summed E-state index contributed by atoms with van der Waals surface area (Å²) < 4.78 is 1.22. The summed E-state index contributed by atoms with van der Waals surface area (Å²) in [5, 5.41) is 3.37. The molecule has 0 spiro atoms. The van der Waals surface area contributed by atoms with Gasteiger partial charge in [0, 0.05) is 40.8 Å². The summed E-state index contributed by atoms with van der Waals surface area (Å²) in [5.74, 6) is 0. The van der Waals surface area contributed by atoms with E-state index in [4.69, 9.17) is 9.97 Å². The average Bonchev–Trinajstić information content (AvgIpc) is 1.08. The first kappa shape index (κ1) is 61.0. The van der Waals surface area contributed by atoms with Crippen LogP contribution in [0.15, 0.2) is 267 Å². The number of fused-ring (bicyclic) bond motifs is 2. The van der Waals surface area contributed by atoms with Gasteiger partial charge in [-0.25, -0.2) is 0 Å². The summed E-state index contributed by atoms with van der Waals surface area (Å²) in [5.41, 5.74) is 24.1. The van der Waals surface area contributed by atoms with Gasteiger partial charge in [0.15, 0.2) is 0 Å². The van der Waals surface area contributed by atoms with Crippen LogP contribution in [0.4, 0.5) is 0 Å². The molecule has 0 aliphatic heterocycles. The minimum atomic E-state index is 0. The SMILES string of the molecule is Cc1cccc(C)c1-c1nc(-c2[c-]ccc(-c3cccc(CCCCCCc4ccccc4)c3)c2)cc2c(-c3ccccc3)cc(-c3ccccc3)cc12.[Ir].[c-]1ccc(-c2cccc(CCCCCCc3ccccc3)c2)cc1-c1nc2ccccc2s1. The van der Waals surface area contributed by atoms with Crippen molar-refractivity contribution >= 4 is 32.3 Å². The Morgan fingerprint density at radius 2 is 0.795 bits per heavy atom. The zero-order valence-corrected chi connectivity index (χ0v) is 53.7. The standard InChI is InChI=1S/C53H46N.C31H28NS.Ir/c1-38-19-16-20-39(2)52(38)53-50-36-47(42-26-12-6-13-27-42)35-48(43-28-14-7-15-29-43)49(50)37-51(54-53)46-32-18-31-45(34-46)44-30-17-25-41(33-44)24-9-4-3-8-21-40-22-10-5-11-23-40;1(4-12-24-13-6-3-7-14-24)2-5-15-25-16-10-17-26(22-25)27-18-11-19-28(23-27)31-32-29-20-8-9-21-30(29)33-31;/h5-7,10-20,22-23,25-31,33-37H,3-4,8-9,21,24H2,1-2H3;3,6-11,13-14,16-18,20-23H,1-2,4-5,12,15H2;/q2*-1;. The van der Waals surface area contributed by atoms with Crippen LogP contribution in [0.2, 0.25) is 0 Å². The predicted octanol–water partition coefficient (Wildman–Crippen LogP) is 23.1. The normalized spacial score (nSPS) is 11.1. The number of aryl methyl sites for hydroxylation is 6. The van der Waals surface area contributed by atoms with E-state index in [1.807, 2.05) is 12.1 Å². The van der Waals surface area contributed by atoms with Crippen LogP contribution in [0.25, 0.3) is 98.6 Å². The van der Waals surface area contributed by atoms with Gasteiger partial charge in [0.25, 0.3) is 0 Å². The molecule has 1 radical (unpaired) electrons. The molecule has 0 atom stereocenters. The van der Waals surface area contributed by atoms with Crippen molar-refractivity contribution in [2.75, 3.05) is 0 Å². The van der Waals surface area contributed by atoms with E-state index in [1.54, 1.807) is 11.3 Å².